The van der Waals surface area contributed by atoms with Crippen molar-refractivity contribution in [1.82, 2.24) is 30.8 Å². The Labute approximate surface area is 213 Å². The van der Waals surface area contributed by atoms with Crippen LogP contribution < -0.4 is 15.4 Å². The van der Waals surface area contributed by atoms with Crippen molar-refractivity contribution in [3.63, 3.8) is 0 Å². The Hall–Kier alpha value is -2.40. The Kier molecular flexibility index (Phi) is 8.98. The van der Waals surface area contributed by atoms with Crippen LogP contribution >= 0.6 is 24.8 Å². The van der Waals surface area contributed by atoms with Gasteiger partial charge < -0.3 is 15.4 Å². The number of benzene rings is 2. The highest BCUT2D eigenvalue weighted by Gasteiger charge is 2.38. The summed E-state index contributed by atoms with van der Waals surface area (Å²) in [6.45, 7) is 2.24. The van der Waals surface area contributed by atoms with E-state index in [0.717, 1.165) is 42.6 Å². The van der Waals surface area contributed by atoms with Crippen molar-refractivity contribution in [2.75, 3.05) is 13.1 Å². The van der Waals surface area contributed by atoms with Gasteiger partial charge in [-0.2, -0.15) is 17.9 Å². The average Bonchev–Trinajstić information content (AvgIpc) is 3.49. The van der Waals surface area contributed by atoms with E-state index in [0.29, 0.717) is 18.2 Å². The normalized spacial score (nSPS) is 20.0. The average molecular weight is 531 g/mol. The van der Waals surface area contributed by atoms with Gasteiger partial charge in [0, 0.05) is 30.6 Å². The molecule has 2 atom stereocenters. The zero-order valence-corrected chi connectivity index (χ0v) is 20.4. The van der Waals surface area contributed by atoms with Gasteiger partial charge in [-0.3, -0.25) is 0 Å². The van der Waals surface area contributed by atoms with E-state index in [4.69, 9.17) is 4.74 Å². The SMILES string of the molecule is Cl.Cl.FC(F)(F)c1nnnn1-c1ccc(OC2CC2)c(CNC2CCNCC2c2ccccc2)c1. The quantitative estimate of drug-likeness (QED) is 0.474. The third-order valence-corrected chi connectivity index (χ3v) is 6.09. The van der Waals surface area contributed by atoms with Crippen LogP contribution in [0.5, 0.6) is 5.75 Å². The van der Waals surface area contributed by atoms with Gasteiger partial charge >= 0.3 is 6.18 Å². The predicted molar refractivity (Wildman–Crippen MR) is 130 cm³/mol. The minimum atomic E-state index is -4.65. The molecule has 7 nitrogen and oxygen atoms in total. The molecule has 1 aliphatic heterocycles. The molecular formula is C23H27Cl2F3N6O. The highest BCUT2D eigenvalue weighted by molar-refractivity contribution is 5.85. The molecule has 1 aliphatic carbocycles. The number of nitrogens with zero attached hydrogens (tertiary/aromatic N) is 4. The molecule has 1 saturated carbocycles. The minimum absolute atomic E-state index is 0. The zero-order valence-electron chi connectivity index (χ0n) is 18.7. The van der Waals surface area contributed by atoms with Crippen molar-refractivity contribution < 1.29 is 17.9 Å². The molecule has 0 amide bonds. The summed E-state index contributed by atoms with van der Waals surface area (Å²) in [5, 5.41) is 17.0. The molecule has 2 N–H and O–H groups in total. The third-order valence-electron chi connectivity index (χ3n) is 6.09. The van der Waals surface area contributed by atoms with Crippen LogP contribution in [0.25, 0.3) is 5.69 Å². The van der Waals surface area contributed by atoms with E-state index in [2.05, 4.69) is 38.3 Å². The van der Waals surface area contributed by atoms with Gasteiger partial charge in [-0.1, -0.05) is 30.3 Å². The highest BCUT2D eigenvalue weighted by atomic mass is 35.5. The van der Waals surface area contributed by atoms with E-state index in [9.17, 15) is 13.2 Å². The Bertz CT molecular complexity index is 1090. The number of hydrogen-bond acceptors (Lipinski definition) is 6. The van der Waals surface area contributed by atoms with Crippen LogP contribution in [0.4, 0.5) is 13.2 Å². The number of nitrogens with one attached hydrogen (secondary N) is 2. The van der Waals surface area contributed by atoms with Crippen molar-refractivity contribution in [3.05, 3.63) is 65.5 Å². The second-order valence-electron chi connectivity index (χ2n) is 8.52. The van der Waals surface area contributed by atoms with Crippen LogP contribution in [0.2, 0.25) is 0 Å². The topological polar surface area (TPSA) is 76.9 Å². The van der Waals surface area contributed by atoms with Gasteiger partial charge in [0.25, 0.3) is 5.82 Å². The smallest absolute Gasteiger partial charge is 0.453 e. The van der Waals surface area contributed by atoms with E-state index >= 15 is 0 Å². The van der Waals surface area contributed by atoms with Gasteiger partial charge in [0.1, 0.15) is 5.75 Å². The number of tetrazole rings is 1. The molecule has 2 aliphatic rings. The van der Waals surface area contributed by atoms with Gasteiger partial charge in [0.2, 0.25) is 0 Å². The van der Waals surface area contributed by atoms with Crippen molar-refractivity contribution >= 4 is 24.8 Å². The fourth-order valence-electron chi connectivity index (χ4n) is 4.25. The van der Waals surface area contributed by atoms with Crippen LogP contribution in [-0.4, -0.2) is 45.4 Å². The Morgan fingerprint density at radius 1 is 1.06 bits per heavy atom. The first-order chi connectivity index (χ1) is 16.0. The monoisotopic (exact) mass is 530 g/mol. The first kappa shape index (κ1) is 27.2. The van der Waals surface area contributed by atoms with E-state index in [1.807, 2.05) is 18.2 Å². The summed E-state index contributed by atoms with van der Waals surface area (Å²) in [5.41, 5.74) is 2.29. The molecule has 12 heteroatoms. The fourth-order valence-corrected chi connectivity index (χ4v) is 4.25. The van der Waals surface area contributed by atoms with Gasteiger partial charge in [0.05, 0.1) is 11.8 Å². The molecular weight excluding hydrogens is 504 g/mol. The Balaban J connectivity index is 0.00000171. The number of aromatic nitrogens is 4. The maximum Gasteiger partial charge on any atom is 0.453 e. The molecule has 1 aromatic heterocycles. The Morgan fingerprint density at radius 2 is 1.83 bits per heavy atom. The molecule has 3 aromatic rings. The maximum atomic E-state index is 13.3. The summed E-state index contributed by atoms with van der Waals surface area (Å²) in [5.74, 6) is -0.173. The van der Waals surface area contributed by atoms with Crippen molar-refractivity contribution in [2.24, 2.45) is 0 Å². The largest absolute Gasteiger partial charge is 0.490 e. The molecule has 0 bridgehead atoms. The zero-order chi connectivity index (χ0) is 22.8. The molecule has 5 rings (SSSR count). The van der Waals surface area contributed by atoms with Crippen LogP contribution in [0.3, 0.4) is 0 Å². The number of hydrogen-bond donors (Lipinski definition) is 2. The van der Waals surface area contributed by atoms with Crippen molar-refractivity contribution in [2.45, 2.75) is 50.0 Å². The van der Waals surface area contributed by atoms with Crippen molar-refractivity contribution in [3.8, 4) is 11.4 Å². The highest BCUT2D eigenvalue weighted by Crippen LogP contribution is 2.33. The molecule has 2 fully saturated rings. The van der Waals surface area contributed by atoms with Crippen LogP contribution in [-0.2, 0) is 12.7 Å². The van der Waals surface area contributed by atoms with Crippen LogP contribution in [0.1, 0.15) is 42.1 Å². The molecule has 2 aromatic carbocycles. The molecule has 0 spiro atoms. The second kappa shape index (κ2) is 11.6. The van der Waals surface area contributed by atoms with Gasteiger partial charge in [-0.25, -0.2) is 0 Å². The first-order valence-corrected chi connectivity index (χ1v) is 11.1. The Morgan fingerprint density at radius 3 is 2.54 bits per heavy atom. The summed E-state index contributed by atoms with van der Waals surface area (Å²) in [4.78, 5) is 0. The molecule has 0 radical (unpaired) electrons. The van der Waals surface area contributed by atoms with E-state index < -0.39 is 12.0 Å². The van der Waals surface area contributed by atoms with Crippen LogP contribution in [0, 0.1) is 0 Å². The number of ether oxygens (including phenoxy) is 1. The fraction of sp³-hybridized carbons (Fsp3) is 0.435. The molecule has 2 heterocycles. The minimum Gasteiger partial charge on any atom is -0.490 e. The van der Waals surface area contributed by atoms with E-state index in [1.54, 1.807) is 18.2 Å². The lowest BCUT2D eigenvalue weighted by Gasteiger charge is -2.33. The second-order valence-corrected chi connectivity index (χ2v) is 8.52. The van der Waals surface area contributed by atoms with E-state index in [-0.39, 0.29) is 42.6 Å². The lowest BCUT2D eigenvalue weighted by atomic mass is 9.87. The summed E-state index contributed by atoms with van der Waals surface area (Å²) < 4.78 is 46.7. The summed E-state index contributed by atoms with van der Waals surface area (Å²) >= 11 is 0. The lowest BCUT2D eigenvalue weighted by Crippen LogP contribution is -2.45. The summed E-state index contributed by atoms with van der Waals surface area (Å²) in [7, 11) is 0. The summed E-state index contributed by atoms with van der Waals surface area (Å²) in [6.07, 6.45) is -1.55. The van der Waals surface area contributed by atoms with Gasteiger partial charge in [0.15, 0.2) is 0 Å². The lowest BCUT2D eigenvalue weighted by molar-refractivity contribution is -0.146. The van der Waals surface area contributed by atoms with Gasteiger partial charge in [-0.05, 0) is 60.0 Å². The number of rotatable bonds is 7. The van der Waals surface area contributed by atoms with Crippen LogP contribution in [0.15, 0.2) is 48.5 Å². The maximum absolute atomic E-state index is 13.3. The standard InChI is InChI=1S/C23H25F3N6O.2ClH/c24-23(25,26)22-29-30-31-32(22)17-6-9-21(33-18-7-8-18)16(12-17)13-28-20-10-11-27-14-19(20)15-4-2-1-3-5-15;;/h1-6,9,12,18-20,27-28H,7-8,10-11,13-14H2;2*1H. The van der Waals surface area contributed by atoms with E-state index in [1.165, 1.54) is 5.56 Å². The third kappa shape index (κ3) is 6.43. The molecule has 1 saturated heterocycles. The first-order valence-electron chi connectivity index (χ1n) is 11.1. The molecule has 2 unspecified atom stereocenters. The number of alkyl halides is 3. The van der Waals surface area contributed by atoms with Crippen molar-refractivity contribution in [1.29, 1.82) is 0 Å². The number of piperidine rings is 1. The van der Waals surface area contributed by atoms with Gasteiger partial charge in [-0.15, -0.1) is 29.9 Å². The molecule has 190 valence electrons. The number of halogens is 5. The predicted octanol–water partition coefficient (Wildman–Crippen LogP) is 4.30. The molecule has 35 heavy (non-hydrogen) atoms. The summed E-state index contributed by atoms with van der Waals surface area (Å²) in [6, 6.07) is 15.5.